The van der Waals surface area contributed by atoms with Gasteiger partial charge >= 0.3 is 5.69 Å². The number of rotatable bonds is 2. The molecule has 0 saturated carbocycles. The summed E-state index contributed by atoms with van der Waals surface area (Å²) in [5, 5.41) is 23.5. The van der Waals surface area contributed by atoms with Crippen LogP contribution in [0.5, 0.6) is 0 Å². The molecule has 3 rings (SSSR count). The first-order valence-electron chi connectivity index (χ1n) is 6.48. The highest BCUT2D eigenvalue weighted by molar-refractivity contribution is 5.74. The molecule has 0 radical (unpaired) electrons. The second kappa shape index (κ2) is 4.91. The zero-order valence-electron chi connectivity index (χ0n) is 11.3. The number of fused-ring (bicyclic) bond motifs is 1. The number of halogens is 1. The third kappa shape index (κ3) is 2.09. The molecule has 1 unspecified atom stereocenters. The Morgan fingerprint density at radius 2 is 2.10 bits per heavy atom. The van der Waals surface area contributed by atoms with Crippen molar-refractivity contribution in [3.05, 3.63) is 63.0 Å². The fourth-order valence-corrected chi connectivity index (χ4v) is 2.72. The summed E-state index contributed by atoms with van der Waals surface area (Å²) in [6, 6.07) is 8.14. The van der Waals surface area contributed by atoms with Gasteiger partial charge in [-0.1, -0.05) is 18.2 Å². The molecule has 1 heterocycles. The van der Waals surface area contributed by atoms with Gasteiger partial charge in [0.05, 0.1) is 4.92 Å². The molecule has 0 saturated heterocycles. The molecule has 2 N–H and O–H groups in total. The monoisotopic (exact) mass is 288 g/mol. The van der Waals surface area contributed by atoms with Crippen LogP contribution >= 0.6 is 0 Å². The van der Waals surface area contributed by atoms with Crippen LogP contribution in [0.15, 0.2) is 30.3 Å². The first-order valence-corrected chi connectivity index (χ1v) is 6.48. The van der Waals surface area contributed by atoms with Gasteiger partial charge in [-0.2, -0.15) is 4.39 Å². The lowest BCUT2D eigenvalue weighted by Crippen LogP contribution is -2.09. The van der Waals surface area contributed by atoms with Gasteiger partial charge in [-0.05, 0) is 35.2 Å². The van der Waals surface area contributed by atoms with Gasteiger partial charge in [0.15, 0.2) is 0 Å². The number of nitrogens with zero attached hydrogens (tertiary/aromatic N) is 1. The number of nitro groups is 1. The van der Waals surface area contributed by atoms with Crippen LogP contribution in [-0.4, -0.2) is 10.0 Å². The van der Waals surface area contributed by atoms with Gasteiger partial charge in [0.2, 0.25) is 5.82 Å². The summed E-state index contributed by atoms with van der Waals surface area (Å²) < 4.78 is 14.1. The highest BCUT2D eigenvalue weighted by atomic mass is 19.1. The molecule has 1 atom stereocenters. The second-order valence-electron chi connectivity index (χ2n) is 4.99. The number of nitrogens with one attached hydrogen (secondary N) is 1. The Labute approximate surface area is 120 Å². The third-order valence-corrected chi connectivity index (χ3v) is 3.83. The largest absolute Gasteiger partial charge is 0.374 e. The van der Waals surface area contributed by atoms with Crippen LogP contribution in [0.4, 0.5) is 10.1 Å². The number of nitro benzene ring substituents is 1. The molecular weight excluding hydrogens is 275 g/mol. The van der Waals surface area contributed by atoms with Crippen molar-refractivity contribution in [3.63, 3.8) is 0 Å². The lowest BCUT2D eigenvalue weighted by atomic mass is 9.93. The number of benzene rings is 2. The van der Waals surface area contributed by atoms with Gasteiger partial charge < -0.3 is 5.11 Å². The molecule has 108 valence electrons. The minimum atomic E-state index is -0.818. The van der Waals surface area contributed by atoms with Crippen molar-refractivity contribution in [1.82, 2.24) is 5.32 Å². The summed E-state index contributed by atoms with van der Waals surface area (Å²) in [5.41, 5.74) is 2.74. The molecule has 6 heteroatoms. The maximum absolute atomic E-state index is 14.1. The van der Waals surface area contributed by atoms with E-state index < -0.39 is 22.7 Å². The topological polar surface area (TPSA) is 75.4 Å². The standard InChI is InChI=1S/C15H13FN2O3/c1-8-9(5-6-13(14(8)16)18(20)21)10-3-2-4-11-12(10)7-17-15(11)19/h2-6,15,17,19H,7H2,1H3. The van der Waals surface area contributed by atoms with Crippen LogP contribution < -0.4 is 5.32 Å². The average Bonchev–Trinajstić information content (AvgIpc) is 2.83. The average molecular weight is 288 g/mol. The molecule has 5 nitrogen and oxygen atoms in total. The van der Waals surface area contributed by atoms with E-state index in [-0.39, 0.29) is 5.56 Å². The molecule has 2 aromatic carbocycles. The Bertz CT molecular complexity index is 746. The Kier molecular flexibility index (Phi) is 3.19. The van der Waals surface area contributed by atoms with Gasteiger partial charge in [-0.25, -0.2) is 0 Å². The molecule has 0 spiro atoms. The molecule has 2 aromatic rings. The van der Waals surface area contributed by atoms with Crippen molar-refractivity contribution in [2.45, 2.75) is 19.7 Å². The molecule has 21 heavy (non-hydrogen) atoms. The van der Waals surface area contributed by atoms with Crippen LogP contribution in [0.25, 0.3) is 11.1 Å². The van der Waals surface area contributed by atoms with E-state index in [0.29, 0.717) is 12.1 Å². The molecule has 0 fully saturated rings. The van der Waals surface area contributed by atoms with Gasteiger partial charge in [-0.15, -0.1) is 0 Å². The first kappa shape index (κ1) is 13.7. The van der Waals surface area contributed by atoms with E-state index in [1.54, 1.807) is 18.2 Å². The molecular formula is C15H13FN2O3. The second-order valence-corrected chi connectivity index (χ2v) is 4.99. The van der Waals surface area contributed by atoms with Gasteiger partial charge in [0.25, 0.3) is 0 Å². The molecule has 0 bridgehead atoms. The number of hydrogen-bond donors (Lipinski definition) is 2. The van der Waals surface area contributed by atoms with E-state index in [1.165, 1.54) is 13.0 Å². The smallest absolute Gasteiger partial charge is 0.305 e. The van der Waals surface area contributed by atoms with Gasteiger partial charge in [0, 0.05) is 18.2 Å². The van der Waals surface area contributed by atoms with Crippen molar-refractivity contribution in [2.75, 3.05) is 0 Å². The van der Waals surface area contributed by atoms with E-state index in [4.69, 9.17) is 0 Å². The summed E-state index contributed by atoms with van der Waals surface area (Å²) in [5.74, 6) is -0.818. The van der Waals surface area contributed by atoms with Crippen molar-refractivity contribution in [2.24, 2.45) is 0 Å². The van der Waals surface area contributed by atoms with E-state index in [0.717, 1.165) is 16.7 Å². The Morgan fingerprint density at radius 1 is 1.33 bits per heavy atom. The minimum absolute atomic E-state index is 0.235. The van der Waals surface area contributed by atoms with E-state index >= 15 is 0 Å². The summed E-state index contributed by atoms with van der Waals surface area (Å²) in [6.07, 6.45) is -0.733. The van der Waals surface area contributed by atoms with Crippen molar-refractivity contribution < 1.29 is 14.4 Å². The molecule has 1 aliphatic heterocycles. The predicted molar refractivity (Wildman–Crippen MR) is 75.0 cm³/mol. The molecule has 0 aliphatic carbocycles. The summed E-state index contributed by atoms with van der Waals surface area (Å²) >= 11 is 0. The summed E-state index contributed by atoms with van der Waals surface area (Å²) in [6.45, 7) is 2.00. The SMILES string of the molecule is Cc1c(-c2cccc3c2CNC3O)ccc([N+](=O)[O-])c1F. The van der Waals surface area contributed by atoms with Crippen LogP contribution in [0.1, 0.15) is 22.9 Å². The Hall–Kier alpha value is -2.31. The van der Waals surface area contributed by atoms with Crippen LogP contribution in [0.2, 0.25) is 0 Å². The summed E-state index contributed by atoms with van der Waals surface area (Å²) in [7, 11) is 0. The Balaban J connectivity index is 2.19. The van der Waals surface area contributed by atoms with Gasteiger partial charge in [-0.3, -0.25) is 15.4 Å². The number of aliphatic hydroxyl groups excluding tert-OH is 1. The van der Waals surface area contributed by atoms with Gasteiger partial charge in [0.1, 0.15) is 6.23 Å². The quantitative estimate of drug-likeness (QED) is 0.658. The van der Waals surface area contributed by atoms with Crippen molar-refractivity contribution >= 4 is 5.69 Å². The van der Waals surface area contributed by atoms with Crippen LogP contribution in [0.3, 0.4) is 0 Å². The van der Waals surface area contributed by atoms with Crippen molar-refractivity contribution in [1.29, 1.82) is 0 Å². The lowest BCUT2D eigenvalue weighted by Gasteiger charge is -2.12. The highest BCUT2D eigenvalue weighted by Gasteiger charge is 2.25. The Morgan fingerprint density at radius 3 is 2.81 bits per heavy atom. The first-order chi connectivity index (χ1) is 10.0. The van der Waals surface area contributed by atoms with Crippen LogP contribution in [0, 0.1) is 22.9 Å². The zero-order valence-corrected chi connectivity index (χ0v) is 11.3. The predicted octanol–water partition coefficient (Wildman–Crippen LogP) is 2.80. The highest BCUT2D eigenvalue weighted by Crippen LogP contribution is 2.36. The molecule has 0 aromatic heterocycles. The number of aliphatic hydroxyl groups is 1. The van der Waals surface area contributed by atoms with Crippen LogP contribution in [-0.2, 0) is 6.54 Å². The lowest BCUT2D eigenvalue weighted by molar-refractivity contribution is -0.387. The maximum atomic E-state index is 14.1. The fraction of sp³-hybridized carbons (Fsp3) is 0.200. The third-order valence-electron chi connectivity index (χ3n) is 3.83. The van der Waals surface area contributed by atoms with Crippen molar-refractivity contribution in [3.8, 4) is 11.1 Å². The molecule has 0 amide bonds. The minimum Gasteiger partial charge on any atom is -0.374 e. The normalized spacial score (nSPS) is 16.8. The van der Waals surface area contributed by atoms with E-state index in [2.05, 4.69) is 5.32 Å². The number of hydrogen-bond acceptors (Lipinski definition) is 4. The maximum Gasteiger partial charge on any atom is 0.305 e. The van der Waals surface area contributed by atoms with E-state index in [1.807, 2.05) is 6.07 Å². The van der Waals surface area contributed by atoms with E-state index in [9.17, 15) is 19.6 Å². The molecule has 1 aliphatic rings. The fourth-order valence-electron chi connectivity index (χ4n) is 2.72. The zero-order chi connectivity index (χ0) is 15.1. The summed E-state index contributed by atoms with van der Waals surface area (Å²) in [4.78, 5) is 10.0.